The smallest absolute Gasteiger partial charge is 0.195 e. The third-order valence-corrected chi connectivity index (χ3v) is 7.45. The van der Waals surface area contributed by atoms with E-state index in [1.54, 1.807) is 0 Å². The van der Waals surface area contributed by atoms with E-state index < -0.39 is 0 Å². The van der Waals surface area contributed by atoms with E-state index in [0.29, 0.717) is 0 Å². The van der Waals surface area contributed by atoms with Crippen molar-refractivity contribution in [1.29, 1.82) is 0 Å². The lowest BCUT2D eigenvalue weighted by molar-refractivity contribution is -0.108. The number of carbonyl (C=O) groups excluding carboxylic acids is 1. The van der Waals surface area contributed by atoms with Crippen LogP contribution in [0.15, 0.2) is 109 Å². The van der Waals surface area contributed by atoms with Crippen LogP contribution in [0.2, 0.25) is 0 Å². The molecular weight excluding hydrogens is 460 g/mol. The number of hydrogen-bond donors (Lipinski definition) is 0. The second kappa shape index (κ2) is 12.0. The summed E-state index contributed by atoms with van der Waals surface area (Å²) in [4.78, 5) is 14.4. The molecular formula is C37H36O. The standard InChI is InChI=1S/C37H36O/c1-3-5-13-27-19-23-31(24-20-27)33-34(32-25-21-28(22-26-32)14-6-4-2)36(30-17-11-8-12-18-30)37(38)35(33)29-15-9-7-10-16-29/h7-12,15-26H,3-6,13-14H2,1-2H3. The zero-order valence-corrected chi connectivity index (χ0v) is 22.5. The van der Waals surface area contributed by atoms with E-state index in [-0.39, 0.29) is 5.78 Å². The molecule has 0 bridgehead atoms. The Labute approximate surface area is 227 Å². The first-order chi connectivity index (χ1) is 18.7. The van der Waals surface area contributed by atoms with Gasteiger partial charge in [0.1, 0.15) is 0 Å². The Balaban J connectivity index is 1.73. The highest BCUT2D eigenvalue weighted by Gasteiger charge is 2.35. The Hall–Kier alpha value is -3.97. The van der Waals surface area contributed by atoms with Crippen LogP contribution in [0.25, 0.3) is 22.3 Å². The first-order valence-electron chi connectivity index (χ1n) is 14.0. The fourth-order valence-corrected chi connectivity index (χ4v) is 5.38. The molecule has 0 atom stereocenters. The van der Waals surface area contributed by atoms with Gasteiger partial charge in [-0.3, -0.25) is 4.79 Å². The third kappa shape index (κ3) is 5.34. The van der Waals surface area contributed by atoms with Crippen molar-refractivity contribution in [2.24, 2.45) is 0 Å². The fourth-order valence-electron chi connectivity index (χ4n) is 5.38. The summed E-state index contributed by atoms with van der Waals surface area (Å²) in [6.07, 6.45) is 6.89. The van der Waals surface area contributed by atoms with Crippen LogP contribution in [0.4, 0.5) is 0 Å². The highest BCUT2D eigenvalue weighted by atomic mass is 16.1. The Morgan fingerprint density at radius 3 is 1.11 bits per heavy atom. The van der Waals surface area contributed by atoms with Gasteiger partial charge in [0.25, 0.3) is 0 Å². The summed E-state index contributed by atoms with van der Waals surface area (Å²) >= 11 is 0. The van der Waals surface area contributed by atoms with Crippen molar-refractivity contribution in [3.8, 4) is 0 Å². The molecule has 38 heavy (non-hydrogen) atoms. The van der Waals surface area contributed by atoms with Gasteiger partial charge < -0.3 is 0 Å². The van der Waals surface area contributed by atoms with Crippen LogP contribution in [0.5, 0.6) is 0 Å². The molecule has 0 fully saturated rings. The van der Waals surface area contributed by atoms with Crippen molar-refractivity contribution in [2.45, 2.75) is 52.4 Å². The predicted octanol–water partition coefficient (Wildman–Crippen LogP) is 9.48. The number of carbonyl (C=O) groups is 1. The van der Waals surface area contributed by atoms with Gasteiger partial charge in [-0.1, -0.05) is 136 Å². The molecule has 1 nitrogen and oxygen atoms in total. The molecule has 190 valence electrons. The SMILES string of the molecule is CCCCc1ccc(C2=C(c3ccccc3)C(=O)C(c3ccccc3)=C2c2ccc(CCCC)cc2)cc1. The number of hydrogen-bond acceptors (Lipinski definition) is 1. The lowest BCUT2D eigenvalue weighted by atomic mass is 9.88. The minimum Gasteiger partial charge on any atom is -0.289 e. The molecule has 0 amide bonds. The number of aryl methyl sites for hydroxylation is 2. The molecule has 0 aromatic heterocycles. The zero-order valence-electron chi connectivity index (χ0n) is 22.5. The maximum atomic E-state index is 14.4. The molecule has 1 heteroatoms. The maximum absolute atomic E-state index is 14.4. The van der Waals surface area contributed by atoms with Gasteiger partial charge in [-0.05, 0) is 59.1 Å². The Morgan fingerprint density at radius 1 is 0.421 bits per heavy atom. The van der Waals surface area contributed by atoms with Crippen molar-refractivity contribution in [3.05, 3.63) is 143 Å². The lowest BCUT2D eigenvalue weighted by Crippen LogP contribution is -2.01. The average Bonchev–Trinajstić information content (AvgIpc) is 3.29. The highest BCUT2D eigenvalue weighted by molar-refractivity contribution is 6.59. The van der Waals surface area contributed by atoms with Crippen LogP contribution in [-0.2, 0) is 17.6 Å². The molecule has 4 aromatic carbocycles. The summed E-state index contributed by atoms with van der Waals surface area (Å²) in [6.45, 7) is 4.45. The molecule has 0 spiro atoms. The van der Waals surface area contributed by atoms with E-state index >= 15 is 0 Å². The molecule has 0 N–H and O–H groups in total. The van der Waals surface area contributed by atoms with E-state index in [4.69, 9.17) is 0 Å². The normalized spacial score (nSPS) is 13.5. The minimum atomic E-state index is 0.0949. The van der Waals surface area contributed by atoms with Crippen LogP contribution >= 0.6 is 0 Å². The van der Waals surface area contributed by atoms with Gasteiger partial charge in [0.05, 0.1) is 0 Å². The lowest BCUT2D eigenvalue weighted by Gasteiger charge is -2.15. The van der Waals surface area contributed by atoms with Crippen molar-refractivity contribution in [2.75, 3.05) is 0 Å². The van der Waals surface area contributed by atoms with Gasteiger partial charge in [-0.15, -0.1) is 0 Å². The summed E-state index contributed by atoms with van der Waals surface area (Å²) in [5, 5.41) is 0. The second-order valence-corrected chi connectivity index (χ2v) is 10.2. The van der Waals surface area contributed by atoms with Crippen molar-refractivity contribution in [1.82, 2.24) is 0 Å². The van der Waals surface area contributed by atoms with Gasteiger partial charge in [0.2, 0.25) is 0 Å². The largest absolute Gasteiger partial charge is 0.289 e. The van der Waals surface area contributed by atoms with Crippen LogP contribution in [0.1, 0.15) is 72.9 Å². The van der Waals surface area contributed by atoms with E-state index in [1.165, 1.54) is 36.8 Å². The van der Waals surface area contributed by atoms with Gasteiger partial charge in [-0.2, -0.15) is 0 Å². The van der Waals surface area contributed by atoms with E-state index in [0.717, 1.165) is 57.4 Å². The van der Waals surface area contributed by atoms with Crippen LogP contribution in [-0.4, -0.2) is 5.78 Å². The summed E-state index contributed by atoms with van der Waals surface area (Å²) in [5.41, 5.74) is 10.4. The highest BCUT2D eigenvalue weighted by Crippen LogP contribution is 2.49. The molecule has 0 radical (unpaired) electrons. The topological polar surface area (TPSA) is 17.1 Å². The molecule has 0 unspecified atom stereocenters. The summed E-state index contributed by atoms with van der Waals surface area (Å²) in [5.74, 6) is 0.0949. The van der Waals surface area contributed by atoms with Gasteiger partial charge in [-0.25, -0.2) is 0 Å². The monoisotopic (exact) mass is 496 g/mol. The van der Waals surface area contributed by atoms with Crippen molar-refractivity contribution in [3.63, 3.8) is 0 Å². The Bertz CT molecular complexity index is 1320. The van der Waals surface area contributed by atoms with Crippen molar-refractivity contribution >= 4 is 28.1 Å². The number of Topliss-reactive ketones (excluding diaryl/α,β-unsaturated/α-hetero) is 1. The van der Waals surface area contributed by atoms with E-state index in [1.807, 2.05) is 36.4 Å². The van der Waals surface area contributed by atoms with Crippen LogP contribution < -0.4 is 0 Å². The summed E-state index contributed by atoms with van der Waals surface area (Å²) < 4.78 is 0. The zero-order chi connectivity index (χ0) is 26.3. The second-order valence-electron chi connectivity index (χ2n) is 10.2. The number of allylic oxidation sites excluding steroid dienone is 4. The Morgan fingerprint density at radius 2 is 0.763 bits per heavy atom. The number of benzene rings is 4. The van der Waals surface area contributed by atoms with E-state index in [2.05, 4.69) is 86.6 Å². The van der Waals surface area contributed by atoms with Gasteiger partial charge in [0.15, 0.2) is 5.78 Å². The molecule has 4 aromatic rings. The number of unbranched alkanes of at least 4 members (excludes halogenated alkanes) is 2. The van der Waals surface area contributed by atoms with E-state index in [9.17, 15) is 4.79 Å². The molecule has 5 rings (SSSR count). The molecule has 0 saturated carbocycles. The number of ketones is 1. The van der Waals surface area contributed by atoms with Gasteiger partial charge in [0, 0.05) is 22.3 Å². The van der Waals surface area contributed by atoms with Gasteiger partial charge >= 0.3 is 0 Å². The molecule has 0 aliphatic heterocycles. The molecule has 1 aliphatic rings. The first kappa shape index (κ1) is 25.7. The summed E-state index contributed by atoms with van der Waals surface area (Å²) in [6, 6.07) is 38.1. The average molecular weight is 497 g/mol. The summed E-state index contributed by atoms with van der Waals surface area (Å²) in [7, 11) is 0. The first-order valence-corrected chi connectivity index (χ1v) is 14.0. The van der Waals surface area contributed by atoms with Crippen molar-refractivity contribution < 1.29 is 4.79 Å². The molecule has 1 aliphatic carbocycles. The predicted molar refractivity (Wildman–Crippen MR) is 162 cm³/mol. The molecule has 0 saturated heterocycles. The third-order valence-electron chi connectivity index (χ3n) is 7.45. The Kier molecular flexibility index (Phi) is 8.14. The quantitative estimate of drug-likeness (QED) is 0.214. The molecule has 0 heterocycles. The number of rotatable bonds is 10. The maximum Gasteiger partial charge on any atom is 0.195 e. The minimum absolute atomic E-state index is 0.0949. The van der Waals surface area contributed by atoms with Crippen LogP contribution in [0, 0.1) is 0 Å². The fraction of sp³-hybridized carbons (Fsp3) is 0.216. The van der Waals surface area contributed by atoms with Crippen LogP contribution in [0.3, 0.4) is 0 Å².